The monoisotopic (exact) mass is 262 g/mol. The largest absolute Gasteiger partial charge is 0.504 e. The van der Waals surface area contributed by atoms with Crippen molar-refractivity contribution in [2.45, 2.75) is 13.8 Å². The van der Waals surface area contributed by atoms with Gasteiger partial charge in [-0.15, -0.1) is 0 Å². The van der Waals surface area contributed by atoms with Gasteiger partial charge in [-0.3, -0.25) is 4.57 Å². The van der Waals surface area contributed by atoms with Crippen LogP contribution in [0.4, 0.5) is 0 Å². The summed E-state index contributed by atoms with van der Waals surface area (Å²) in [6.07, 6.45) is 0. The molecule has 0 spiro atoms. The first-order valence-corrected chi connectivity index (χ1v) is 5.76. The second-order valence-electron chi connectivity index (χ2n) is 1.33. The number of hydrogen-bond donors (Lipinski definition) is 2. The highest BCUT2D eigenvalue weighted by molar-refractivity contribution is 7.78. The van der Waals surface area contributed by atoms with Crippen molar-refractivity contribution < 1.29 is 23.8 Å². The molecule has 0 aliphatic rings. The molecule has 8 heteroatoms. The molecule has 0 unspecified atom stereocenters. The Labute approximate surface area is 95.0 Å². The van der Waals surface area contributed by atoms with E-state index in [9.17, 15) is 4.57 Å². The molecule has 0 aromatic carbocycles. The highest BCUT2D eigenvalue weighted by Gasteiger charge is 1.91. The van der Waals surface area contributed by atoms with Crippen molar-refractivity contribution in [2.75, 3.05) is 13.2 Å². The predicted octanol–water partition coefficient (Wildman–Crippen LogP) is 2.45. The SMILES string of the molecule is CCO[PH](=O)OCC.OC=S.OC=S. The molecular formula is C6H15O5PS2. The molecular weight excluding hydrogens is 247 g/mol. The number of aliphatic hydroxyl groups excluding tert-OH is 2. The summed E-state index contributed by atoms with van der Waals surface area (Å²) in [4.78, 5) is 0. The fourth-order valence-electron chi connectivity index (χ4n) is 0.277. The lowest BCUT2D eigenvalue weighted by molar-refractivity contribution is 0.243. The fraction of sp³-hybridized carbons (Fsp3) is 0.667. The summed E-state index contributed by atoms with van der Waals surface area (Å²) in [6, 6.07) is 0. The molecule has 0 radical (unpaired) electrons. The Morgan fingerprint density at radius 3 is 1.50 bits per heavy atom. The molecule has 0 aliphatic carbocycles. The topological polar surface area (TPSA) is 76.0 Å². The van der Waals surface area contributed by atoms with Gasteiger partial charge in [-0.2, -0.15) is 0 Å². The molecule has 0 atom stereocenters. The van der Waals surface area contributed by atoms with Crippen LogP contribution in [0.1, 0.15) is 13.8 Å². The van der Waals surface area contributed by atoms with Gasteiger partial charge in [-0.25, -0.2) is 0 Å². The van der Waals surface area contributed by atoms with Gasteiger partial charge >= 0.3 is 8.25 Å². The third-order valence-electron chi connectivity index (χ3n) is 0.524. The molecule has 0 aromatic heterocycles. The number of hydrogen-bond acceptors (Lipinski definition) is 5. The average Bonchev–Trinajstić information content (AvgIpc) is 2.07. The van der Waals surface area contributed by atoms with Crippen LogP contribution in [0.5, 0.6) is 0 Å². The Kier molecular flexibility index (Phi) is 32.1. The minimum absolute atomic E-state index is 0.456. The lowest BCUT2D eigenvalue weighted by atomic mass is 10.9. The van der Waals surface area contributed by atoms with E-state index in [0.717, 1.165) is 0 Å². The molecule has 0 saturated heterocycles. The van der Waals surface area contributed by atoms with Gasteiger partial charge in [0.15, 0.2) is 0 Å². The Morgan fingerprint density at radius 2 is 1.36 bits per heavy atom. The molecule has 86 valence electrons. The lowest BCUT2D eigenvalue weighted by Crippen LogP contribution is -1.81. The zero-order chi connectivity index (χ0) is 11.8. The van der Waals surface area contributed by atoms with Gasteiger partial charge < -0.3 is 19.3 Å². The first kappa shape index (κ1) is 19.5. The number of rotatable bonds is 4. The molecule has 0 aromatic rings. The van der Waals surface area contributed by atoms with Crippen LogP contribution in [0.15, 0.2) is 0 Å². The van der Waals surface area contributed by atoms with Gasteiger partial charge in [0.25, 0.3) is 0 Å². The summed E-state index contributed by atoms with van der Waals surface area (Å²) in [5, 5.41) is 14.5. The molecule has 5 nitrogen and oxygen atoms in total. The van der Waals surface area contributed by atoms with E-state index >= 15 is 0 Å². The molecule has 0 rings (SSSR count). The Balaban J connectivity index is -0.000000168. The molecule has 0 heterocycles. The Bertz CT molecular complexity index is 130. The van der Waals surface area contributed by atoms with Crippen molar-refractivity contribution in [1.29, 1.82) is 0 Å². The third kappa shape index (κ3) is 40.5. The highest BCUT2D eigenvalue weighted by atomic mass is 32.1. The van der Waals surface area contributed by atoms with Crippen LogP contribution in [0.25, 0.3) is 0 Å². The first-order chi connectivity index (χ1) is 6.64. The van der Waals surface area contributed by atoms with Gasteiger partial charge in [0.2, 0.25) is 0 Å². The number of thiocarbonyl (C=S) groups is 2. The quantitative estimate of drug-likeness (QED) is 0.595. The minimum atomic E-state index is -2.14. The average molecular weight is 262 g/mol. The van der Waals surface area contributed by atoms with Crippen molar-refractivity contribution in [1.82, 2.24) is 0 Å². The van der Waals surface area contributed by atoms with Crippen LogP contribution < -0.4 is 0 Å². The first-order valence-electron chi connectivity index (χ1n) is 3.59. The minimum Gasteiger partial charge on any atom is -0.504 e. The summed E-state index contributed by atoms with van der Waals surface area (Å²) in [6.45, 7) is 4.47. The maximum atomic E-state index is 10.4. The second-order valence-corrected chi connectivity index (χ2v) is 2.83. The normalized spacial score (nSPS) is 7.64. The van der Waals surface area contributed by atoms with Gasteiger partial charge in [-0.1, -0.05) is 0 Å². The van der Waals surface area contributed by atoms with E-state index < -0.39 is 8.25 Å². The highest BCUT2D eigenvalue weighted by Crippen LogP contribution is 2.21. The summed E-state index contributed by atoms with van der Waals surface area (Å²) in [5.41, 5.74) is 1.17. The van der Waals surface area contributed by atoms with Gasteiger partial charge in [-0.05, 0) is 38.3 Å². The molecule has 0 aliphatic heterocycles. The summed E-state index contributed by atoms with van der Waals surface area (Å²) >= 11 is 7.65. The van der Waals surface area contributed by atoms with E-state index in [0.29, 0.717) is 24.3 Å². The smallest absolute Gasteiger partial charge is 0.319 e. The van der Waals surface area contributed by atoms with Crippen LogP contribution in [0.2, 0.25) is 0 Å². The van der Waals surface area contributed by atoms with Gasteiger partial charge in [0, 0.05) is 0 Å². The van der Waals surface area contributed by atoms with Crippen LogP contribution in [-0.4, -0.2) is 34.5 Å². The molecule has 0 bridgehead atoms. The molecule has 0 fully saturated rings. The molecule has 0 saturated carbocycles. The van der Waals surface area contributed by atoms with Crippen LogP contribution in [-0.2, 0) is 13.6 Å². The van der Waals surface area contributed by atoms with E-state index in [-0.39, 0.29) is 0 Å². The van der Waals surface area contributed by atoms with E-state index in [1.807, 2.05) is 0 Å². The Hall–Kier alpha value is -0.0700. The second kappa shape index (κ2) is 23.1. The van der Waals surface area contributed by atoms with Crippen LogP contribution >= 0.6 is 32.7 Å². The van der Waals surface area contributed by atoms with Crippen molar-refractivity contribution in [3.8, 4) is 0 Å². The third-order valence-corrected chi connectivity index (χ3v) is 1.57. The maximum absolute atomic E-state index is 10.4. The molecule has 14 heavy (non-hydrogen) atoms. The van der Waals surface area contributed by atoms with E-state index in [1.165, 1.54) is 0 Å². The summed E-state index contributed by atoms with van der Waals surface area (Å²) < 4.78 is 19.6. The predicted molar refractivity (Wildman–Crippen MR) is 64.8 cm³/mol. The summed E-state index contributed by atoms with van der Waals surface area (Å²) in [7, 11) is -2.14. The summed E-state index contributed by atoms with van der Waals surface area (Å²) in [5.74, 6) is 0. The standard InChI is InChI=1S/C4H11O3P.2CH2OS/c1-3-6-8(5)7-4-2;2*2-1-3/h8H,3-4H2,1-2H3;2*1H,(H,2,3). The van der Waals surface area contributed by atoms with Gasteiger partial charge in [0.1, 0.15) is 11.1 Å². The van der Waals surface area contributed by atoms with Crippen LogP contribution in [0.3, 0.4) is 0 Å². The Morgan fingerprint density at radius 1 is 1.14 bits per heavy atom. The van der Waals surface area contributed by atoms with Crippen molar-refractivity contribution in [3.05, 3.63) is 0 Å². The lowest BCUT2D eigenvalue weighted by Gasteiger charge is -1.97. The fourth-order valence-corrected chi connectivity index (χ4v) is 0.832. The number of aliphatic hydroxyl groups is 2. The van der Waals surface area contributed by atoms with E-state index in [1.54, 1.807) is 13.8 Å². The van der Waals surface area contributed by atoms with Crippen molar-refractivity contribution in [3.63, 3.8) is 0 Å². The van der Waals surface area contributed by atoms with E-state index in [4.69, 9.17) is 10.2 Å². The van der Waals surface area contributed by atoms with Crippen molar-refractivity contribution in [2.24, 2.45) is 0 Å². The van der Waals surface area contributed by atoms with Gasteiger partial charge in [0.05, 0.1) is 13.2 Å². The molecule has 0 amide bonds. The van der Waals surface area contributed by atoms with Crippen LogP contribution in [0, 0.1) is 0 Å². The zero-order valence-electron chi connectivity index (χ0n) is 8.00. The molecule has 2 N–H and O–H groups in total. The van der Waals surface area contributed by atoms with Crippen molar-refractivity contribution >= 4 is 43.8 Å². The maximum Gasteiger partial charge on any atom is 0.319 e. The van der Waals surface area contributed by atoms with E-state index in [2.05, 4.69) is 33.5 Å². The zero-order valence-corrected chi connectivity index (χ0v) is 10.6.